The van der Waals surface area contributed by atoms with E-state index < -0.39 is 5.97 Å². The van der Waals surface area contributed by atoms with Gasteiger partial charge in [-0.3, -0.25) is 0 Å². The lowest BCUT2D eigenvalue weighted by Gasteiger charge is -2.08. The maximum atomic E-state index is 11.2. The average Bonchev–Trinajstić information content (AvgIpc) is 3.11. The fraction of sp³-hybridized carbons (Fsp3) is 0.250. The number of benzene rings is 1. The van der Waals surface area contributed by atoms with Crippen LogP contribution in [0.1, 0.15) is 34.9 Å². The van der Waals surface area contributed by atoms with Crippen LogP contribution in [-0.4, -0.2) is 26.1 Å². The highest BCUT2D eigenvalue weighted by Crippen LogP contribution is 2.42. The van der Waals surface area contributed by atoms with E-state index in [0.29, 0.717) is 21.4 Å². The van der Waals surface area contributed by atoms with E-state index in [-0.39, 0.29) is 11.6 Å². The van der Waals surface area contributed by atoms with Crippen molar-refractivity contribution >= 4 is 29.2 Å². The maximum absolute atomic E-state index is 11.2. The molecule has 1 N–H and O–H groups in total. The average molecular weight is 298 g/mol. The van der Waals surface area contributed by atoms with Gasteiger partial charge in [0.05, 0.1) is 21.4 Å². The topological polar surface area (TPSA) is 68.0 Å². The summed E-state index contributed by atoms with van der Waals surface area (Å²) in [5, 5.41) is 17.5. The van der Waals surface area contributed by atoms with Crippen molar-refractivity contribution in [2.75, 3.05) is 0 Å². The van der Waals surface area contributed by atoms with E-state index in [4.69, 9.17) is 28.3 Å². The monoisotopic (exact) mass is 297 g/mol. The Morgan fingerprint density at radius 3 is 2.74 bits per heavy atom. The van der Waals surface area contributed by atoms with Gasteiger partial charge in [-0.15, -0.1) is 5.10 Å². The fourth-order valence-electron chi connectivity index (χ4n) is 2.00. The fourth-order valence-corrected chi connectivity index (χ4v) is 2.37. The Morgan fingerprint density at radius 2 is 2.11 bits per heavy atom. The van der Waals surface area contributed by atoms with Gasteiger partial charge in [0.2, 0.25) is 0 Å². The van der Waals surface area contributed by atoms with Crippen LogP contribution in [0, 0.1) is 0 Å². The van der Waals surface area contributed by atoms with Crippen molar-refractivity contribution in [3.8, 4) is 5.69 Å². The summed E-state index contributed by atoms with van der Waals surface area (Å²) in [6.45, 7) is 0. The Labute approximate surface area is 118 Å². The second kappa shape index (κ2) is 4.51. The number of rotatable bonds is 3. The molecule has 0 radical (unpaired) electrons. The molecule has 2 aromatic rings. The van der Waals surface area contributed by atoms with E-state index >= 15 is 0 Å². The van der Waals surface area contributed by atoms with Crippen molar-refractivity contribution in [3.05, 3.63) is 39.6 Å². The van der Waals surface area contributed by atoms with Gasteiger partial charge >= 0.3 is 5.97 Å². The summed E-state index contributed by atoms with van der Waals surface area (Å²) in [6, 6.07) is 5.14. The second-order valence-corrected chi connectivity index (χ2v) is 5.17. The van der Waals surface area contributed by atoms with E-state index in [2.05, 4.69) is 10.3 Å². The molecule has 0 amide bonds. The highest BCUT2D eigenvalue weighted by atomic mass is 35.5. The van der Waals surface area contributed by atoms with Gasteiger partial charge in [0, 0.05) is 5.92 Å². The summed E-state index contributed by atoms with van der Waals surface area (Å²) in [7, 11) is 0. The molecule has 3 rings (SSSR count). The van der Waals surface area contributed by atoms with Gasteiger partial charge in [0.1, 0.15) is 0 Å². The molecule has 0 spiro atoms. The van der Waals surface area contributed by atoms with Crippen LogP contribution in [0.15, 0.2) is 18.2 Å². The first-order valence-electron chi connectivity index (χ1n) is 5.73. The Kier molecular flexibility index (Phi) is 2.95. The molecule has 0 aliphatic heterocycles. The van der Waals surface area contributed by atoms with Gasteiger partial charge < -0.3 is 5.11 Å². The summed E-state index contributed by atoms with van der Waals surface area (Å²) < 4.78 is 1.48. The van der Waals surface area contributed by atoms with Crippen molar-refractivity contribution in [3.63, 3.8) is 0 Å². The van der Waals surface area contributed by atoms with Crippen LogP contribution in [0.2, 0.25) is 10.0 Å². The van der Waals surface area contributed by atoms with Gasteiger partial charge in [0.15, 0.2) is 5.69 Å². The van der Waals surface area contributed by atoms with Gasteiger partial charge in [0.25, 0.3) is 0 Å². The number of hydrogen-bond acceptors (Lipinski definition) is 3. The number of carboxylic acid groups (broad SMARTS) is 1. The number of aromatic nitrogens is 3. The quantitative estimate of drug-likeness (QED) is 0.945. The third kappa shape index (κ3) is 2.09. The molecule has 0 saturated heterocycles. The molecule has 5 nitrogen and oxygen atoms in total. The molecule has 0 atom stereocenters. The maximum Gasteiger partial charge on any atom is 0.358 e. The third-order valence-electron chi connectivity index (χ3n) is 3.03. The Hall–Kier alpha value is -1.59. The molecular formula is C12H9Cl2N3O2. The molecule has 0 unspecified atom stereocenters. The van der Waals surface area contributed by atoms with Crippen molar-refractivity contribution in [1.82, 2.24) is 15.0 Å². The van der Waals surface area contributed by atoms with Crippen LogP contribution >= 0.6 is 23.2 Å². The lowest BCUT2D eigenvalue weighted by atomic mass is 10.2. The molecule has 7 heteroatoms. The first-order valence-corrected chi connectivity index (χ1v) is 6.48. The summed E-state index contributed by atoms with van der Waals surface area (Å²) >= 11 is 12.1. The van der Waals surface area contributed by atoms with Crippen LogP contribution in [0.4, 0.5) is 0 Å². The normalized spacial score (nSPS) is 14.6. The number of halogens is 2. The zero-order chi connectivity index (χ0) is 13.6. The standard InChI is InChI=1S/C12H9Cl2N3O2/c13-7-2-1-3-8(9(7)14)17-11(6-4-5-6)10(12(18)19)15-16-17/h1-3,6H,4-5H2,(H,18,19). The SMILES string of the molecule is O=C(O)c1nnn(-c2cccc(Cl)c2Cl)c1C1CC1. The molecule has 1 aromatic carbocycles. The Balaban J connectivity index is 2.20. The molecule has 1 heterocycles. The number of hydrogen-bond donors (Lipinski definition) is 1. The molecule has 1 fully saturated rings. The van der Waals surface area contributed by atoms with Gasteiger partial charge in [-0.05, 0) is 25.0 Å². The van der Waals surface area contributed by atoms with E-state index in [9.17, 15) is 4.79 Å². The largest absolute Gasteiger partial charge is 0.476 e. The smallest absolute Gasteiger partial charge is 0.358 e. The summed E-state index contributed by atoms with van der Waals surface area (Å²) in [5.74, 6) is -0.901. The van der Waals surface area contributed by atoms with Crippen molar-refractivity contribution in [2.45, 2.75) is 18.8 Å². The first kappa shape index (κ1) is 12.4. The van der Waals surface area contributed by atoms with E-state index in [0.717, 1.165) is 12.8 Å². The minimum atomic E-state index is -1.08. The highest BCUT2D eigenvalue weighted by molar-refractivity contribution is 6.43. The van der Waals surface area contributed by atoms with Crippen molar-refractivity contribution < 1.29 is 9.90 Å². The number of carboxylic acids is 1. The summed E-state index contributed by atoms with van der Waals surface area (Å²) in [5.41, 5.74) is 1.13. The van der Waals surface area contributed by atoms with E-state index in [1.165, 1.54) is 4.68 Å². The lowest BCUT2D eigenvalue weighted by molar-refractivity contribution is 0.0689. The van der Waals surface area contributed by atoms with Gasteiger partial charge in [-0.1, -0.05) is 34.5 Å². The summed E-state index contributed by atoms with van der Waals surface area (Å²) in [6.07, 6.45) is 1.87. The highest BCUT2D eigenvalue weighted by Gasteiger charge is 2.34. The minimum Gasteiger partial charge on any atom is -0.476 e. The Bertz CT molecular complexity index is 665. The molecule has 0 bridgehead atoms. The van der Waals surface area contributed by atoms with E-state index in [1.807, 2.05) is 0 Å². The molecule has 1 aliphatic rings. The van der Waals surface area contributed by atoms with Crippen LogP contribution < -0.4 is 0 Å². The number of nitrogens with zero attached hydrogens (tertiary/aromatic N) is 3. The van der Waals surface area contributed by atoms with Crippen molar-refractivity contribution in [1.29, 1.82) is 0 Å². The van der Waals surface area contributed by atoms with Crippen LogP contribution in [0.5, 0.6) is 0 Å². The first-order chi connectivity index (χ1) is 9.09. The molecule has 98 valence electrons. The number of carbonyl (C=O) groups is 1. The molecular weight excluding hydrogens is 289 g/mol. The predicted molar refractivity (Wildman–Crippen MR) is 70.3 cm³/mol. The van der Waals surface area contributed by atoms with Crippen LogP contribution in [0.3, 0.4) is 0 Å². The Morgan fingerprint density at radius 1 is 1.37 bits per heavy atom. The second-order valence-electron chi connectivity index (χ2n) is 4.39. The third-order valence-corrected chi connectivity index (χ3v) is 3.84. The van der Waals surface area contributed by atoms with Crippen molar-refractivity contribution in [2.24, 2.45) is 0 Å². The molecule has 1 aromatic heterocycles. The van der Waals surface area contributed by atoms with E-state index in [1.54, 1.807) is 18.2 Å². The molecule has 1 saturated carbocycles. The zero-order valence-electron chi connectivity index (χ0n) is 9.68. The predicted octanol–water partition coefficient (Wildman–Crippen LogP) is 3.15. The zero-order valence-corrected chi connectivity index (χ0v) is 11.2. The number of aromatic carboxylic acids is 1. The van der Waals surface area contributed by atoms with Crippen LogP contribution in [0.25, 0.3) is 5.69 Å². The minimum absolute atomic E-state index is 0.0152. The summed E-state index contributed by atoms with van der Waals surface area (Å²) in [4.78, 5) is 11.2. The molecule has 19 heavy (non-hydrogen) atoms. The van der Waals surface area contributed by atoms with Crippen LogP contribution in [-0.2, 0) is 0 Å². The lowest BCUT2D eigenvalue weighted by Crippen LogP contribution is -2.06. The van der Waals surface area contributed by atoms with Gasteiger partial charge in [-0.2, -0.15) is 0 Å². The van der Waals surface area contributed by atoms with Gasteiger partial charge in [-0.25, -0.2) is 9.48 Å². The molecule has 1 aliphatic carbocycles.